The van der Waals surface area contributed by atoms with Gasteiger partial charge in [0.25, 0.3) is 5.91 Å². The number of nitrogens with zero attached hydrogens (tertiary/aromatic N) is 5. The van der Waals surface area contributed by atoms with Crippen LogP contribution < -0.4 is 10.2 Å². The predicted octanol–water partition coefficient (Wildman–Crippen LogP) is 4.28. The van der Waals surface area contributed by atoms with Crippen LogP contribution in [0, 0.1) is 6.92 Å². The molecule has 3 heterocycles. The number of aliphatic hydroxyl groups excluding tert-OH is 1. The number of benzene rings is 3. The SMILES string of the molecule is Cc1cc(C(=O)Nc2cccc(C(=O)c3ccc4c(C=Nc5ccc(N6CCN(CCOCCO)CC6)cc5)c(O)[nH]c4c3)c2)n(C)n1. The first kappa shape index (κ1) is 32.6. The van der Waals surface area contributed by atoms with Crippen molar-refractivity contribution in [3.63, 3.8) is 0 Å². The second-order valence-electron chi connectivity index (χ2n) is 11.7. The van der Waals surface area contributed by atoms with Gasteiger partial charge >= 0.3 is 0 Å². The van der Waals surface area contributed by atoms with E-state index < -0.39 is 0 Å². The van der Waals surface area contributed by atoms with E-state index in [0.29, 0.717) is 46.8 Å². The number of ketones is 1. The minimum atomic E-state index is -0.316. The molecule has 248 valence electrons. The van der Waals surface area contributed by atoms with Crippen LogP contribution in [0.1, 0.15) is 37.7 Å². The van der Waals surface area contributed by atoms with Crippen molar-refractivity contribution in [1.82, 2.24) is 19.7 Å². The second-order valence-corrected chi connectivity index (χ2v) is 11.7. The molecule has 12 nitrogen and oxygen atoms in total. The summed E-state index contributed by atoms with van der Waals surface area (Å²) in [6.45, 7) is 7.48. The number of carbonyl (C=O) groups excluding carboxylic acids is 2. The number of hydrogen-bond acceptors (Lipinski definition) is 9. The van der Waals surface area contributed by atoms with Crippen molar-refractivity contribution < 1.29 is 24.5 Å². The lowest BCUT2D eigenvalue weighted by Crippen LogP contribution is -2.47. The first-order valence-electron chi connectivity index (χ1n) is 15.9. The minimum Gasteiger partial charge on any atom is -0.494 e. The van der Waals surface area contributed by atoms with Crippen molar-refractivity contribution in [2.24, 2.45) is 12.0 Å². The van der Waals surface area contributed by atoms with E-state index in [4.69, 9.17) is 9.84 Å². The number of anilines is 2. The van der Waals surface area contributed by atoms with Crippen LogP contribution in [-0.4, -0.2) is 100 Å². The Kier molecular flexibility index (Phi) is 9.95. The molecule has 3 aromatic carbocycles. The molecule has 0 atom stereocenters. The number of piperazine rings is 1. The molecule has 1 fully saturated rings. The van der Waals surface area contributed by atoms with Gasteiger partial charge in [-0.1, -0.05) is 24.3 Å². The van der Waals surface area contributed by atoms with Crippen LogP contribution in [0.5, 0.6) is 5.88 Å². The van der Waals surface area contributed by atoms with Gasteiger partial charge in [-0.2, -0.15) is 5.10 Å². The first-order valence-corrected chi connectivity index (χ1v) is 15.9. The predicted molar refractivity (Wildman–Crippen MR) is 186 cm³/mol. The number of aliphatic hydroxyl groups is 1. The number of aryl methyl sites for hydroxylation is 2. The fraction of sp³-hybridized carbons (Fsp3) is 0.278. The molecule has 0 radical (unpaired) electrons. The lowest BCUT2D eigenvalue weighted by Gasteiger charge is -2.36. The van der Waals surface area contributed by atoms with E-state index in [1.54, 1.807) is 61.8 Å². The smallest absolute Gasteiger partial charge is 0.273 e. The van der Waals surface area contributed by atoms with Crippen molar-refractivity contribution in [2.75, 3.05) is 62.8 Å². The number of carbonyl (C=O) groups is 2. The fourth-order valence-corrected chi connectivity index (χ4v) is 5.88. The van der Waals surface area contributed by atoms with Crippen LogP contribution >= 0.6 is 0 Å². The summed E-state index contributed by atoms with van der Waals surface area (Å²) in [5, 5.41) is 27.3. The molecule has 1 aliphatic heterocycles. The van der Waals surface area contributed by atoms with Crippen molar-refractivity contribution in [3.8, 4) is 5.88 Å². The summed E-state index contributed by atoms with van der Waals surface area (Å²) in [5.74, 6) is -0.574. The molecule has 6 rings (SSSR count). The highest BCUT2D eigenvalue weighted by Crippen LogP contribution is 2.29. The molecule has 12 heteroatoms. The number of aliphatic imine (C=N–C) groups is 1. The maximum absolute atomic E-state index is 13.4. The second kappa shape index (κ2) is 14.6. The highest BCUT2D eigenvalue weighted by atomic mass is 16.5. The van der Waals surface area contributed by atoms with Gasteiger partial charge in [-0.05, 0) is 55.5 Å². The molecule has 0 unspecified atom stereocenters. The number of aromatic hydroxyl groups is 1. The van der Waals surface area contributed by atoms with Crippen molar-refractivity contribution in [3.05, 3.63) is 101 Å². The monoisotopic (exact) mass is 649 g/mol. The topological polar surface area (TPSA) is 148 Å². The molecule has 4 N–H and O–H groups in total. The van der Waals surface area contributed by atoms with E-state index in [1.807, 2.05) is 19.1 Å². The quantitative estimate of drug-likeness (QED) is 0.0890. The Labute approximate surface area is 278 Å². The molecular formula is C36H39N7O5. The third kappa shape index (κ3) is 7.46. The Bertz CT molecular complexity index is 1940. The molecule has 48 heavy (non-hydrogen) atoms. The van der Waals surface area contributed by atoms with Gasteiger partial charge in [0.2, 0.25) is 0 Å². The van der Waals surface area contributed by atoms with E-state index in [0.717, 1.165) is 55.2 Å². The maximum atomic E-state index is 13.4. The Balaban J connectivity index is 1.09. The minimum absolute atomic E-state index is 0.0373. The highest BCUT2D eigenvalue weighted by Gasteiger charge is 2.18. The van der Waals surface area contributed by atoms with Crippen LogP contribution in [0.15, 0.2) is 77.8 Å². The van der Waals surface area contributed by atoms with Crippen LogP contribution in [0.4, 0.5) is 17.1 Å². The molecular weight excluding hydrogens is 610 g/mol. The van der Waals surface area contributed by atoms with Crippen molar-refractivity contribution >= 4 is 45.9 Å². The zero-order chi connectivity index (χ0) is 33.6. The number of hydrogen-bond donors (Lipinski definition) is 4. The van der Waals surface area contributed by atoms with Gasteiger partial charge in [0.05, 0.1) is 36.8 Å². The number of fused-ring (bicyclic) bond motifs is 1. The largest absolute Gasteiger partial charge is 0.494 e. The number of aromatic nitrogens is 3. The number of aromatic amines is 1. The summed E-state index contributed by atoms with van der Waals surface area (Å²) >= 11 is 0. The summed E-state index contributed by atoms with van der Waals surface area (Å²) < 4.78 is 6.90. The molecule has 0 saturated carbocycles. The van der Waals surface area contributed by atoms with Crippen molar-refractivity contribution in [1.29, 1.82) is 0 Å². The van der Waals surface area contributed by atoms with Gasteiger partial charge in [0, 0.05) is 79.4 Å². The number of rotatable bonds is 12. The molecule has 2 aromatic heterocycles. The van der Waals surface area contributed by atoms with Crippen LogP contribution in [0.25, 0.3) is 10.9 Å². The van der Waals surface area contributed by atoms with Gasteiger partial charge in [-0.15, -0.1) is 0 Å². The summed E-state index contributed by atoms with van der Waals surface area (Å²) in [6, 6.07) is 21.7. The van der Waals surface area contributed by atoms with Crippen LogP contribution in [0.3, 0.4) is 0 Å². The van der Waals surface area contributed by atoms with E-state index in [2.05, 4.69) is 42.3 Å². The molecule has 1 saturated heterocycles. The molecule has 0 bridgehead atoms. The van der Waals surface area contributed by atoms with Crippen molar-refractivity contribution in [2.45, 2.75) is 6.92 Å². The van der Waals surface area contributed by atoms with E-state index in [1.165, 1.54) is 4.68 Å². The number of H-pyrrole nitrogens is 1. The Morgan fingerprint density at radius 3 is 2.50 bits per heavy atom. The summed E-state index contributed by atoms with van der Waals surface area (Å²) in [4.78, 5) is 38.5. The lowest BCUT2D eigenvalue weighted by atomic mass is 10.0. The van der Waals surface area contributed by atoms with Crippen LogP contribution in [-0.2, 0) is 11.8 Å². The number of amides is 1. The average molecular weight is 650 g/mol. The van der Waals surface area contributed by atoms with Gasteiger partial charge < -0.3 is 30.2 Å². The molecule has 1 amide bonds. The molecule has 0 spiro atoms. The molecule has 0 aliphatic carbocycles. The summed E-state index contributed by atoms with van der Waals surface area (Å²) in [5.41, 5.74) is 5.52. The van der Waals surface area contributed by atoms with E-state index in [9.17, 15) is 14.7 Å². The van der Waals surface area contributed by atoms with Gasteiger partial charge in [0.1, 0.15) is 5.69 Å². The zero-order valence-corrected chi connectivity index (χ0v) is 27.0. The fourth-order valence-electron chi connectivity index (χ4n) is 5.88. The lowest BCUT2D eigenvalue weighted by molar-refractivity contribution is 0.0724. The summed E-state index contributed by atoms with van der Waals surface area (Å²) in [7, 11) is 1.70. The third-order valence-corrected chi connectivity index (χ3v) is 8.41. The Morgan fingerprint density at radius 1 is 1.00 bits per heavy atom. The Morgan fingerprint density at radius 2 is 1.77 bits per heavy atom. The van der Waals surface area contributed by atoms with Gasteiger partial charge in [-0.3, -0.25) is 24.2 Å². The van der Waals surface area contributed by atoms with Gasteiger partial charge in [0.15, 0.2) is 11.7 Å². The van der Waals surface area contributed by atoms with E-state index >= 15 is 0 Å². The average Bonchev–Trinajstić information content (AvgIpc) is 3.61. The molecule has 5 aromatic rings. The number of ether oxygens (including phenoxy) is 1. The zero-order valence-electron chi connectivity index (χ0n) is 27.0. The van der Waals surface area contributed by atoms with Crippen LogP contribution in [0.2, 0.25) is 0 Å². The molecule has 1 aliphatic rings. The van der Waals surface area contributed by atoms with Gasteiger partial charge in [-0.25, -0.2) is 0 Å². The standard InChI is InChI=1S/C36H39N7O5/c1-24-20-33(41(2)40-24)36(47)38-28-5-3-4-25(21-28)34(45)26-6-11-30-31(35(46)39-32(30)22-26)23-37-27-7-9-29(10-8-27)43-14-12-42(13-15-43)16-18-48-19-17-44/h3-11,20-23,39,44,46H,12-19H2,1-2H3,(H,38,47). The van der Waals surface area contributed by atoms with E-state index in [-0.39, 0.29) is 24.2 Å². The highest BCUT2D eigenvalue weighted by molar-refractivity contribution is 6.13. The third-order valence-electron chi connectivity index (χ3n) is 8.41. The normalized spacial score (nSPS) is 13.9. The maximum Gasteiger partial charge on any atom is 0.273 e. The number of nitrogens with one attached hydrogen (secondary N) is 2. The Hall–Kier alpha value is -5.30. The first-order chi connectivity index (χ1) is 23.3. The summed E-state index contributed by atoms with van der Waals surface area (Å²) in [6.07, 6.45) is 1.62.